The molecule has 1 aliphatic heterocycles. The quantitative estimate of drug-likeness (QED) is 0.401. The highest BCUT2D eigenvalue weighted by Crippen LogP contribution is 2.40. The first-order chi connectivity index (χ1) is 5.76. The third kappa shape index (κ3) is 0.886. The van der Waals surface area contributed by atoms with Crippen LogP contribution < -0.4 is 0 Å². The Balaban J connectivity index is 2.27. The van der Waals surface area contributed by atoms with Crippen LogP contribution in [0.5, 0.6) is 0 Å². The topological polar surface area (TPSA) is 43.4 Å². The van der Waals surface area contributed by atoms with E-state index in [-0.39, 0.29) is 11.8 Å². The molecule has 2 rings (SSSR count). The van der Waals surface area contributed by atoms with Crippen molar-refractivity contribution >= 4 is 11.8 Å². The fourth-order valence-electron chi connectivity index (χ4n) is 2.13. The second kappa shape index (κ2) is 2.57. The zero-order chi connectivity index (χ0) is 8.60. The minimum atomic E-state index is -0.710. The molecule has 0 aromatic rings. The summed E-state index contributed by atoms with van der Waals surface area (Å²) in [6.07, 6.45) is 3.82. The van der Waals surface area contributed by atoms with E-state index in [0.717, 1.165) is 12.8 Å². The SMILES string of the molecule is O=C1CCCC[C@]12CCOC2=O. The van der Waals surface area contributed by atoms with Crippen LogP contribution in [-0.2, 0) is 14.3 Å². The van der Waals surface area contributed by atoms with Gasteiger partial charge >= 0.3 is 5.97 Å². The van der Waals surface area contributed by atoms with Crippen LogP contribution in [0.4, 0.5) is 0 Å². The number of Topliss-reactive ketones (excluding diaryl/α,β-unsaturated/α-hetero) is 1. The van der Waals surface area contributed by atoms with Gasteiger partial charge in [0.05, 0.1) is 6.61 Å². The molecule has 0 bridgehead atoms. The Morgan fingerprint density at radius 2 is 2.00 bits per heavy atom. The minimum absolute atomic E-state index is 0.108. The van der Waals surface area contributed by atoms with Gasteiger partial charge in [0.25, 0.3) is 0 Å². The molecule has 1 saturated heterocycles. The highest BCUT2D eigenvalue weighted by molar-refractivity contribution is 6.05. The van der Waals surface area contributed by atoms with E-state index >= 15 is 0 Å². The van der Waals surface area contributed by atoms with Crippen molar-refractivity contribution in [3.8, 4) is 0 Å². The lowest BCUT2D eigenvalue weighted by atomic mass is 9.72. The van der Waals surface area contributed by atoms with Crippen LogP contribution in [0.3, 0.4) is 0 Å². The molecule has 1 aliphatic carbocycles. The zero-order valence-electron chi connectivity index (χ0n) is 6.97. The lowest BCUT2D eigenvalue weighted by molar-refractivity contribution is -0.153. The molecule has 3 heteroatoms. The molecule has 1 heterocycles. The molecular weight excluding hydrogens is 156 g/mol. The fraction of sp³-hybridized carbons (Fsp3) is 0.778. The maximum Gasteiger partial charge on any atom is 0.319 e. The standard InChI is InChI=1S/C9H12O3/c10-7-3-1-2-4-9(7)5-6-12-8(9)11/h1-6H2/t9-/m0/s1. The Morgan fingerprint density at radius 3 is 2.58 bits per heavy atom. The maximum atomic E-state index is 11.5. The molecule has 1 spiro atoms. The van der Waals surface area contributed by atoms with Crippen molar-refractivity contribution in [2.45, 2.75) is 32.1 Å². The molecule has 0 aromatic carbocycles. The van der Waals surface area contributed by atoms with Crippen LogP contribution in [0.1, 0.15) is 32.1 Å². The largest absolute Gasteiger partial charge is 0.465 e. The summed E-state index contributed by atoms with van der Waals surface area (Å²) in [5, 5.41) is 0. The van der Waals surface area contributed by atoms with E-state index in [1.165, 1.54) is 0 Å². The van der Waals surface area contributed by atoms with E-state index in [0.29, 0.717) is 25.9 Å². The number of rotatable bonds is 0. The molecule has 0 amide bonds. The highest BCUT2D eigenvalue weighted by Gasteiger charge is 2.51. The van der Waals surface area contributed by atoms with Crippen molar-refractivity contribution in [3.63, 3.8) is 0 Å². The number of hydrogen-bond acceptors (Lipinski definition) is 3. The van der Waals surface area contributed by atoms with Crippen LogP contribution in [0, 0.1) is 5.41 Å². The van der Waals surface area contributed by atoms with Crippen molar-refractivity contribution in [1.29, 1.82) is 0 Å². The third-order valence-electron chi connectivity index (χ3n) is 2.94. The number of hydrogen-bond donors (Lipinski definition) is 0. The predicted molar refractivity (Wildman–Crippen MR) is 41.5 cm³/mol. The molecule has 0 N–H and O–H groups in total. The van der Waals surface area contributed by atoms with E-state index < -0.39 is 5.41 Å². The van der Waals surface area contributed by atoms with Crippen molar-refractivity contribution < 1.29 is 14.3 Å². The molecule has 0 radical (unpaired) electrons. The summed E-state index contributed by atoms with van der Waals surface area (Å²) >= 11 is 0. The molecule has 12 heavy (non-hydrogen) atoms. The van der Waals surface area contributed by atoms with Gasteiger partial charge in [-0.05, 0) is 12.8 Å². The molecule has 2 fully saturated rings. The van der Waals surface area contributed by atoms with Gasteiger partial charge in [-0.25, -0.2) is 0 Å². The van der Waals surface area contributed by atoms with E-state index in [2.05, 4.69) is 0 Å². The summed E-state index contributed by atoms with van der Waals surface area (Å²) in [6.45, 7) is 0.435. The van der Waals surface area contributed by atoms with Crippen molar-refractivity contribution in [3.05, 3.63) is 0 Å². The van der Waals surface area contributed by atoms with Gasteiger partial charge in [0, 0.05) is 12.8 Å². The molecule has 1 saturated carbocycles. The molecule has 66 valence electrons. The molecular formula is C9H12O3. The van der Waals surface area contributed by atoms with Crippen LogP contribution in [0.25, 0.3) is 0 Å². The maximum absolute atomic E-state index is 11.5. The highest BCUT2D eigenvalue weighted by atomic mass is 16.5. The second-order valence-electron chi connectivity index (χ2n) is 3.60. The number of carbonyl (C=O) groups excluding carboxylic acids is 2. The first-order valence-electron chi connectivity index (χ1n) is 4.46. The number of ketones is 1. The molecule has 0 unspecified atom stereocenters. The van der Waals surface area contributed by atoms with Gasteiger partial charge in [-0.2, -0.15) is 0 Å². The number of ether oxygens (including phenoxy) is 1. The Labute approximate surface area is 71.1 Å². The zero-order valence-corrected chi connectivity index (χ0v) is 6.97. The van der Waals surface area contributed by atoms with Gasteiger partial charge in [0.1, 0.15) is 11.2 Å². The van der Waals surface area contributed by atoms with Gasteiger partial charge in [-0.1, -0.05) is 6.42 Å². The first-order valence-corrected chi connectivity index (χ1v) is 4.46. The van der Waals surface area contributed by atoms with Crippen molar-refractivity contribution in [2.75, 3.05) is 6.61 Å². The molecule has 1 atom stereocenters. The Kier molecular flexibility index (Phi) is 1.67. The average Bonchev–Trinajstić information content (AvgIpc) is 2.41. The van der Waals surface area contributed by atoms with Crippen LogP contribution >= 0.6 is 0 Å². The third-order valence-corrected chi connectivity index (χ3v) is 2.94. The summed E-state index contributed by atoms with van der Waals surface area (Å²) in [5.74, 6) is -0.163. The summed E-state index contributed by atoms with van der Waals surface area (Å²) in [6, 6.07) is 0. The van der Waals surface area contributed by atoms with Crippen LogP contribution in [-0.4, -0.2) is 18.4 Å². The van der Waals surface area contributed by atoms with Gasteiger partial charge < -0.3 is 4.74 Å². The lowest BCUT2D eigenvalue weighted by Gasteiger charge is -2.26. The Bertz CT molecular complexity index is 234. The average molecular weight is 168 g/mol. The molecule has 0 aromatic heterocycles. The first kappa shape index (κ1) is 7.77. The fourth-order valence-corrected chi connectivity index (χ4v) is 2.13. The number of esters is 1. The number of cyclic esters (lactones) is 1. The monoisotopic (exact) mass is 168 g/mol. The lowest BCUT2D eigenvalue weighted by Crippen LogP contribution is -2.38. The minimum Gasteiger partial charge on any atom is -0.465 e. The van der Waals surface area contributed by atoms with Crippen molar-refractivity contribution in [2.24, 2.45) is 5.41 Å². The predicted octanol–water partition coefficient (Wildman–Crippen LogP) is 1.06. The normalized spacial score (nSPS) is 35.7. The van der Waals surface area contributed by atoms with E-state index in [4.69, 9.17) is 4.74 Å². The van der Waals surface area contributed by atoms with Gasteiger partial charge in [0.15, 0.2) is 0 Å². The molecule has 2 aliphatic rings. The van der Waals surface area contributed by atoms with Crippen LogP contribution in [0.2, 0.25) is 0 Å². The Hall–Kier alpha value is -0.860. The van der Waals surface area contributed by atoms with E-state index in [9.17, 15) is 9.59 Å². The van der Waals surface area contributed by atoms with E-state index in [1.54, 1.807) is 0 Å². The van der Waals surface area contributed by atoms with Crippen molar-refractivity contribution in [1.82, 2.24) is 0 Å². The molecule has 3 nitrogen and oxygen atoms in total. The number of carbonyl (C=O) groups is 2. The van der Waals surface area contributed by atoms with E-state index in [1.807, 2.05) is 0 Å². The van der Waals surface area contributed by atoms with Gasteiger partial charge in [-0.3, -0.25) is 9.59 Å². The second-order valence-corrected chi connectivity index (χ2v) is 3.60. The van der Waals surface area contributed by atoms with Crippen LogP contribution in [0.15, 0.2) is 0 Å². The summed E-state index contributed by atoms with van der Waals surface area (Å²) in [7, 11) is 0. The summed E-state index contributed by atoms with van der Waals surface area (Å²) in [4.78, 5) is 22.8. The smallest absolute Gasteiger partial charge is 0.319 e. The summed E-state index contributed by atoms with van der Waals surface area (Å²) in [5.41, 5.74) is -0.710. The van der Waals surface area contributed by atoms with Gasteiger partial charge in [0.2, 0.25) is 0 Å². The van der Waals surface area contributed by atoms with Gasteiger partial charge in [-0.15, -0.1) is 0 Å². The summed E-state index contributed by atoms with van der Waals surface area (Å²) < 4.78 is 4.86. The Morgan fingerprint density at radius 1 is 1.17 bits per heavy atom.